The maximum Gasteiger partial charge on any atom is 0.119 e. The molecular formula is C15H24O. The fourth-order valence-electron chi connectivity index (χ4n) is 1.84. The van der Waals surface area contributed by atoms with Crippen LogP contribution in [0.3, 0.4) is 0 Å². The van der Waals surface area contributed by atoms with Crippen molar-refractivity contribution >= 4 is 0 Å². The van der Waals surface area contributed by atoms with Gasteiger partial charge in [-0.2, -0.15) is 0 Å². The van der Waals surface area contributed by atoms with E-state index in [9.17, 15) is 0 Å². The first-order valence-corrected chi connectivity index (χ1v) is 6.45. The van der Waals surface area contributed by atoms with Gasteiger partial charge in [-0.25, -0.2) is 0 Å². The van der Waals surface area contributed by atoms with E-state index in [1.165, 1.54) is 31.2 Å². The Labute approximate surface area is 99.8 Å². The van der Waals surface area contributed by atoms with Gasteiger partial charge in [0.05, 0.1) is 6.10 Å². The van der Waals surface area contributed by atoms with Gasteiger partial charge in [-0.15, -0.1) is 0 Å². The monoisotopic (exact) mass is 220 g/mol. The standard InChI is InChI=1S/C15H24O/c1-4-5-6-7-10-14(3)16-15-11-8-9-13(2)12-15/h8-9,11-12,14H,4-7,10H2,1-3H3. The molecule has 0 bridgehead atoms. The fraction of sp³-hybridized carbons (Fsp3) is 0.600. The molecule has 1 aromatic carbocycles. The smallest absolute Gasteiger partial charge is 0.119 e. The molecule has 1 rings (SSSR count). The zero-order valence-corrected chi connectivity index (χ0v) is 10.8. The lowest BCUT2D eigenvalue weighted by Gasteiger charge is -2.14. The molecule has 16 heavy (non-hydrogen) atoms. The van der Waals surface area contributed by atoms with Crippen LogP contribution in [0.1, 0.15) is 51.5 Å². The molecule has 0 heterocycles. The molecule has 0 aliphatic carbocycles. The van der Waals surface area contributed by atoms with E-state index in [0.29, 0.717) is 6.10 Å². The third kappa shape index (κ3) is 5.20. The minimum absolute atomic E-state index is 0.332. The van der Waals surface area contributed by atoms with Crippen molar-refractivity contribution in [2.75, 3.05) is 0 Å². The zero-order valence-electron chi connectivity index (χ0n) is 10.8. The summed E-state index contributed by atoms with van der Waals surface area (Å²) < 4.78 is 5.88. The van der Waals surface area contributed by atoms with Crippen LogP contribution in [0, 0.1) is 6.92 Å². The molecule has 0 aromatic heterocycles. The zero-order chi connectivity index (χ0) is 11.8. The Morgan fingerprint density at radius 1 is 1.19 bits per heavy atom. The molecule has 0 saturated heterocycles. The minimum Gasteiger partial charge on any atom is -0.491 e. The third-order valence-corrected chi connectivity index (χ3v) is 2.79. The topological polar surface area (TPSA) is 9.23 Å². The van der Waals surface area contributed by atoms with Crippen LogP contribution in [0.5, 0.6) is 5.75 Å². The van der Waals surface area contributed by atoms with Crippen LogP contribution in [0.15, 0.2) is 24.3 Å². The molecule has 0 aliphatic rings. The van der Waals surface area contributed by atoms with Crippen LogP contribution in [-0.2, 0) is 0 Å². The van der Waals surface area contributed by atoms with Crippen molar-refractivity contribution in [3.8, 4) is 5.75 Å². The van der Waals surface area contributed by atoms with Gasteiger partial charge in [0.1, 0.15) is 5.75 Å². The molecule has 0 amide bonds. The maximum absolute atomic E-state index is 5.88. The molecule has 0 fully saturated rings. The molecule has 1 unspecified atom stereocenters. The number of aryl methyl sites for hydroxylation is 1. The number of hydrogen-bond donors (Lipinski definition) is 0. The third-order valence-electron chi connectivity index (χ3n) is 2.79. The summed E-state index contributed by atoms with van der Waals surface area (Å²) in [6, 6.07) is 8.28. The highest BCUT2D eigenvalue weighted by Gasteiger charge is 2.03. The van der Waals surface area contributed by atoms with E-state index >= 15 is 0 Å². The lowest BCUT2D eigenvalue weighted by atomic mass is 10.1. The summed E-state index contributed by atoms with van der Waals surface area (Å²) in [5.74, 6) is 1.00. The van der Waals surface area contributed by atoms with Gasteiger partial charge < -0.3 is 4.74 Å². The Morgan fingerprint density at radius 2 is 2.00 bits per heavy atom. The quantitative estimate of drug-likeness (QED) is 0.603. The van der Waals surface area contributed by atoms with Crippen molar-refractivity contribution in [3.63, 3.8) is 0 Å². The second-order valence-electron chi connectivity index (χ2n) is 4.59. The first-order chi connectivity index (χ1) is 7.72. The molecule has 1 aromatic rings. The first kappa shape index (κ1) is 13.1. The summed E-state index contributed by atoms with van der Waals surface area (Å²) >= 11 is 0. The van der Waals surface area contributed by atoms with Gasteiger partial charge in [0.2, 0.25) is 0 Å². The summed E-state index contributed by atoms with van der Waals surface area (Å²) in [6.45, 7) is 6.50. The van der Waals surface area contributed by atoms with E-state index in [2.05, 4.69) is 39.0 Å². The van der Waals surface area contributed by atoms with Crippen LogP contribution < -0.4 is 4.74 Å². The van der Waals surface area contributed by atoms with Gasteiger partial charge in [-0.1, -0.05) is 38.3 Å². The molecular weight excluding hydrogens is 196 g/mol. The second-order valence-corrected chi connectivity index (χ2v) is 4.59. The number of unbranched alkanes of at least 4 members (excludes halogenated alkanes) is 3. The highest BCUT2D eigenvalue weighted by atomic mass is 16.5. The molecule has 1 heteroatoms. The minimum atomic E-state index is 0.332. The van der Waals surface area contributed by atoms with E-state index in [1.54, 1.807) is 0 Å². The Bertz CT molecular complexity index is 293. The summed E-state index contributed by atoms with van der Waals surface area (Å²) in [5.41, 5.74) is 1.26. The number of benzene rings is 1. The fourth-order valence-corrected chi connectivity index (χ4v) is 1.84. The SMILES string of the molecule is CCCCCCC(C)Oc1cccc(C)c1. The normalized spacial score (nSPS) is 12.4. The number of rotatable bonds is 7. The van der Waals surface area contributed by atoms with Gasteiger partial charge in [0, 0.05) is 0 Å². The summed E-state index contributed by atoms with van der Waals surface area (Å²) in [6.07, 6.45) is 6.75. The largest absolute Gasteiger partial charge is 0.491 e. The van der Waals surface area contributed by atoms with Crippen molar-refractivity contribution < 1.29 is 4.74 Å². The van der Waals surface area contributed by atoms with E-state index in [-0.39, 0.29) is 0 Å². The molecule has 0 saturated carbocycles. The van der Waals surface area contributed by atoms with Crippen LogP contribution in [0.2, 0.25) is 0 Å². The Morgan fingerprint density at radius 3 is 2.69 bits per heavy atom. The van der Waals surface area contributed by atoms with Gasteiger partial charge in [0.15, 0.2) is 0 Å². The van der Waals surface area contributed by atoms with Gasteiger partial charge in [0.25, 0.3) is 0 Å². The molecule has 1 atom stereocenters. The Hall–Kier alpha value is -0.980. The van der Waals surface area contributed by atoms with Crippen LogP contribution in [0.25, 0.3) is 0 Å². The van der Waals surface area contributed by atoms with Crippen molar-refractivity contribution in [1.82, 2.24) is 0 Å². The number of ether oxygens (including phenoxy) is 1. The molecule has 0 radical (unpaired) electrons. The predicted octanol–water partition coefficient (Wildman–Crippen LogP) is 4.73. The van der Waals surface area contributed by atoms with E-state index < -0.39 is 0 Å². The lowest BCUT2D eigenvalue weighted by Crippen LogP contribution is -2.11. The highest BCUT2D eigenvalue weighted by molar-refractivity contribution is 5.27. The second kappa shape index (κ2) is 7.32. The van der Waals surface area contributed by atoms with E-state index in [0.717, 1.165) is 12.2 Å². The molecule has 1 nitrogen and oxygen atoms in total. The summed E-state index contributed by atoms with van der Waals surface area (Å²) in [7, 11) is 0. The van der Waals surface area contributed by atoms with Crippen molar-refractivity contribution in [2.24, 2.45) is 0 Å². The van der Waals surface area contributed by atoms with Crippen LogP contribution >= 0.6 is 0 Å². The van der Waals surface area contributed by atoms with Gasteiger partial charge >= 0.3 is 0 Å². The van der Waals surface area contributed by atoms with Crippen molar-refractivity contribution in [1.29, 1.82) is 0 Å². The van der Waals surface area contributed by atoms with Crippen LogP contribution in [-0.4, -0.2) is 6.10 Å². The molecule has 90 valence electrons. The highest BCUT2D eigenvalue weighted by Crippen LogP contribution is 2.16. The van der Waals surface area contributed by atoms with Crippen LogP contribution in [0.4, 0.5) is 0 Å². The molecule has 0 N–H and O–H groups in total. The summed E-state index contributed by atoms with van der Waals surface area (Å²) in [5, 5.41) is 0. The van der Waals surface area contributed by atoms with Crippen molar-refractivity contribution in [3.05, 3.63) is 29.8 Å². The average molecular weight is 220 g/mol. The Kier molecular flexibility index (Phi) is 5.99. The average Bonchev–Trinajstić information content (AvgIpc) is 2.24. The van der Waals surface area contributed by atoms with Crippen molar-refractivity contribution in [2.45, 2.75) is 59.0 Å². The molecule has 0 spiro atoms. The maximum atomic E-state index is 5.88. The first-order valence-electron chi connectivity index (χ1n) is 6.45. The van der Waals surface area contributed by atoms with E-state index in [4.69, 9.17) is 4.74 Å². The molecule has 0 aliphatic heterocycles. The summed E-state index contributed by atoms with van der Waals surface area (Å²) in [4.78, 5) is 0. The lowest BCUT2D eigenvalue weighted by molar-refractivity contribution is 0.206. The van der Waals surface area contributed by atoms with Gasteiger partial charge in [-0.3, -0.25) is 0 Å². The Balaban J connectivity index is 2.25. The van der Waals surface area contributed by atoms with Gasteiger partial charge in [-0.05, 0) is 44.4 Å². The van der Waals surface area contributed by atoms with E-state index in [1.807, 2.05) is 6.07 Å². The number of hydrogen-bond acceptors (Lipinski definition) is 1. The predicted molar refractivity (Wildman–Crippen MR) is 70.0 cm³/mol.